The molecule has 0 fully saturated rings. The summed E-state index contributed by atoms with van der Waals surface area (Å²) < 4.78 is 16.1. The summed E-state index contributed by atoms with van der Waals surface area (Å²) in [7, 11) is 1.44. The topological polar surface area (TPSA) is 82.1 Å². The largest absolute Gasteiger partial charge is 0.490 e. The first kappa shape index (κ1) is 24.8. The molecule has 0 radical (unpaired) electrons. The van der Waals surface area contributed by atoms with Crippen LogP contribution in [-0.4, -0.2) is 37.4 Å². The van der Waals surface area contributed by atoms with Gasteiger partial charge in [-0.15, -0.1) is 0 Å². The Morgan fingerprint density at radius 2 is 1.21 bits per heavy atom. The fraction of sp³-hybridized carbons (Fsp3) is 0.652. The number of para-hydroxylation sites is 2. The number of carboxylic acid groups (broad SMARTS) is 1. The van der Waals surface area contributed by atoms with Crippen molar-refractivity contribution in [2.24, 2.45) is 0 Å². The highest BCUT2D eigenvalue weighted by Crippen LogP contribution is 2.27. The van der Waals surface area contributed by atoms with E-state index in [1.807, 2.05) is 24.3 Å². The number of benzene rings is 1. The Labute approximate surface area is 174 Å². The third-order valence-electron chi connectivity index (χ3n) is 4.65. The number of carboxylic acids is 1. The summed E-state index contributed by atoms with van der Waals surface area (Å²) in [4.78, 5) is 21.5. The Balaban J connectivity index is 2.01. The minimum Gasteiger partial charge on any atom is -0.490 e. The van der Waals surface area contributed by atoms with E-state index in [9.17, 15) is 9.59 Å². The van der Waals surface area contributed by atoms with Crippen molar-refractivity contribution in [3.8, 4) is 11.5 Å². The van der Waals surface area contributed by atoms with Crippen LogP contribution in [0.4, 0.5) is 0 Å². The Bertz CT molecular complexity index is 572. The zero-order chi connectivity index (χ0) is 21.2. The number of carbonyl (C=O) groups is 2. The van der Waals surface area contributed by atoms with Crippen molar-refractivity contribution in [2.75, 3.05) is 20.3 Å². The van der Waals surface area contributed by atoms with Gasteiger partial charge >= 0.3 is 11.9 Å². The number of rotatable bonds is 18. The van der Waals surface area contributed by atoms with Crippen molar-refractivity contribution >= 4 is 11.9 Å². The molecular weight excluding hydrogens is 372 g/mol. The summed E-state index contributed by atoms with van der Waals surface area (Å²) in [5, 5.41) is 8.67. The molecule has 29 heavy (non-hydrogen) atoms. The molecule has 164 valence electrons. The van der Waals surface area contributed by atoms with E-state index in [1.165, 1.54) is 39.2 Å². The summed E-state index contributed by atoms with van der Waals surface area (Å²) in [5.74, 6) is 0.469. The van der Waals surface area contributed by atoms with Crippen LogP contribution in [0.25, 0.3) is 0 Å². The first-order chi connectivity index (χ1) is 14.1. The maximum atomic E-state index is 11.0. The first-order valence-electron chi connectivity index (χ1n) is 10.8. The molecule has 6 heteroatoms. The maximum absolute atomic E-state index is 11.0. The highest BCUT2D eigenvalue weighted by molar-refractivity contribution is 5.69. The van der Waals surface area contributed by atoms with E-state index in [0.29, 0.717) is 31.8 Å². The Hall–Kier alpha value is -2.24. The van der Waals surface area contributed by atoms with Gasteiger partial charge in [0.05, 0.1) is 20.3 Å². The third-order valence-corrected chi connectivity index (χ3v) is 4.65. The van der Waals surface area contributed by atoms with E-state index in [4.69, 9.17) is 14.6 Å². The Morgan fingerprint density at radius 3 is 1.72 bits per heavy atom. The molecule has 0 aliphatic heterocycles. The lowest BCUT2D eigenvalue weighted by Gasteiger charge is -2.12. The van der Waals surface area contributed by atoms with Crippen molar-refractivity contribution in [3.05, 3.63) is 24.3 Å². The fourth-order valence-corrected chi connectivity index (χ4v) is 2.99. The highest BCUT2D eigenvalue weighted by atomic mass is 16.5. The standard InChI is InChI=1S/C23H36O6/c1-27-23(26)17-9-7-5-3-2-4-6-8-12-18-28-20-14-10-11-15-21(20)29-19-13-16-22(24)25/h10-11,14-15H,2-9,12-13,16-19H2,1H3,(H,24,25). The fourth-order valence-electron chi connectivity index (χ4n) is 2.99. The monoisotopic (exact) mass is 408 g/mol. The van der Waals surface area contributed by atoms with Crippen LogP contribution < -0.4 is 9.47 Å². The molecule has 0 unspecified atom stereocenters. The SMILES string of the molecule is COC(=O)CCCCCCCCCCCOc1ccccc1OCCCC(=O)O. The van der Waals surface area contributed by atoms with Gasteiger partial charge in [0.2, 0.25) is 0 Å². The minimum atomic E-state index is -0.809. The number of hydrogen-bond acceptors (Lipinski definition) is 5. The molecule has 6 nitrogen and oxygen atoms in total. The van der Waals surface area contributed by atoms with E-state index in [2.05, 4.69) is 4.74 Å². The third kappa shape index (κ3) is 13.6. The van der Waals surface area contributed by atoms with Crippen molar-refractivity contribution in [2.45, 2.75) is 77.0 Å². The van der Waals surface area contributed by atoms with Gasteiger partial charge in [0.1, 0.15) is 0 Å². The molecule has 1 aromatic rings. The molecular formula is C23H36O6. The van der Waals surface area contributed by atoms with E-state index < -0.39 is 5.97 Å². The molecule has 1 aromatic carbocycles. The highest BCUT2D eigenvalue weighted by Gasteiger charge is 2.05. The zero-order valence-electron chi connectivity index (χ0n) is 17.7. The average Bonchev–Trinajstić information content (AvgIpc) is 2.72. The van der Waals surface area contributed by atoms with Crippen molar-refractivity contribution in [1.82, 2.24) is 0 Å². The number of methoxy groups -OCH3 is 1. The molecule has 0 saturated carbocycles. The van der Waals surface area contributed by atoms with Crippen molar-refractivity contribution in [3.63, 3.8) is 0 Å². The number of ether oxygens (including phenoxy) is 3. The molecule has 0 aliphatic rings. The van der Waals surface area contributed by atoms with E-state index in [0.717, 1.165) is 31.4 Å². The van der Waals surface area contributed by atoms with Gasteiger partial charge in [-0.2, -0.15) is 0 Å². The summed E-state index contributed by atoms with van der Waals surface area (Å²) in [6, 6.07) is 7.52. The van der Waals surface area contributed by atoms with Crippen LogP contribution in [0.15, 0.2) is 24.3 Å². The Kier molecular flexibility index (Phi) is 14.3. The van der Waals surface area contributed by atoms with Gasteiger partial charge in [-0.25, -0.2) is 0 Å². The second-order valence-electron chi connectivity index (χ2n) is 7.15. The zero-order valence-corrected chi connectivity index (χ0v) is 17.7. The van der Waals surface area contributed by atoms with Crippen LogP contribution in [0, 0.1) is 0 Å². The van der Waals surface area contributed by atoms with Gasteiger partial charge < -0.3 is 19.3 Å². The van der Waals surface area contributed by atoms with Crippen LogP contribution in [0.2, 0.25) is 0 Å². The number of carbonyl (C=O) groups excluding carboxylic acids is 1. The van der Waals surface area contributed by atoms with Crippen LogP contribution in [0.3, 0.4) is 0 Å². The Morgan fingerprint density at radius 1 is 0.724 bits per heavy atom. The molecule has 0 heterocycles. The molecule has 0 aromatic heterocycles. The maximum Gasteiger partial charge on any atom is 0.305 e. The first-order valence-corrected chi connectivity index (χ1v) is 10.8. The van der Waals surface area contributed by atoms with Crippen LogP contribution in [0.1, 0.15) is 77.0 Å². The minimum absolute atomic E-state index is 0.108. The molecule has 0 saturated heterocycles. The second kappa shape index (κ2) is 16.7. The number of esters is 1. The second-order valence-corrected chi connectivity index (χ2v) is 7.15. The molecule has 1 rings (SSSR count). The molecule has 0 atom stereocenters. The normalized spacial score (nSPS) is 10.5. The predicted molar refractivity (Wildman–Crippen MR) is 112 cm³/mol. The molecule has 0 aliphatic carbocycles. The van der Waals surface area contributed by atoms with Crippen LogP contribution >= 0.6 is 0 Å². The van der Waals surface area contributed by atoms with Crippen LogP contribution in [0.5, 0.6) is 11.5 Å². The van der Waals surface area contributed by atoms with Gasteiger partial charge in [0.15, 0.2) is 11.5 Å². The smallest absolute Gasteiger partial charge is 0.305 e. The average molecular weight is 409 g/mol. The molecule has 0 amide bonds. The van der Waals surface area contributed by atoms with Gasteiger partial charge in [-0.05, 0) is 31.4 Å². The van der Waals surface area contributed by atoms with Crippen LogP contribution in [-0.2, 0) is 14.3 Å². The summed E-state index contributed by atoms with van der Waals surface area (Å²) in [6.45, 7) is 1.03. The van der Waals surface area contributed by atoms with E-state index in [-0.39, 0.29) is 12.4 Å². The lowest BCUT2D eigenvalue weighted by molar-refractivity contribution is -0.141. The summed E-state index contributed by atoms with van der Waals surface area (Å²) in [5.41, 5.74) is 0. The van der Waals surface area contributed by atoms with Crippen molar-refractivity contribution in [1.29, 1.82) is 0 Å². The lowest BCUT2D eigenvalue weighted by atomic mass is 10.1. The number of aliphatic carboxylic acids is 1. The van der Waals surface area contributed by atoms with Crippen molar-refractivity contribution < 1.29 is 28.9 Å². The molecule has 0 spiro atoms. The molecule has 1 N–H and O–H groups in total. The molecule has 0 bridgehead atoms. The summed E-state index contributed by atoms with van der Waals surface area (Å²) >= 11 is 0. The lowest BCUT2D eigenvalue weighted by Crippen LogP contribution is -2.04. The van der Waals surface area contributed by atoms with Gasteiger partial charge in [-0.1, -0.05) is 57.1 Å². The predicted octanol–water partition coefficient (Wildman–Crippen LogP) is 5.38. The van der Waals surface area contributed by atoms with E-state index in [1.54, 1.807) is 0 Å². The number of unbranched alkanes of at least 4 members (excludes halogenated alkanes) is 8. The number of hydrogen-bond donors (Lipinski definition) is 1. The quantitative estimate of drug-likeness (QED) is 0.259. The van der Waals surface area contributed by atoms with Gasteiger partial charge in [-0.3, -0.25) is 9.59 Å². The summed E-state index contributed by atoms with van der Waals surface area (Å²) in [6.07, 6.45) is 11.4. The van der Waals surface area contributed by atoms with Gasteiger partial charge in [0.25, 0.3) is 0 Å². The van der Waals surface area contributed by atoms with E-state index >= 15 is 0 Å². The van der Waals surface area contributed by atoms with Gasteiger partial charge in [0, 0.05) is 12.8 Å².